The number of aliphatic hydroxyl groups is 2. The summed E-state index contributed by atoms with van der Waals surface area (Å²) in [6.45, 7) is 6.23. The molecule has 36 heavy (non-hydrogen) atoms. The van der Waals surface area contributed by atoms with Gasteiger partial charge in [-0.2, -0.15) is 5.26 Å². The van der Waals surface area contributed by atoms with E-state index in [1.165, 1.54) is 0 Å². The van der Waals surface area contributed by atoms with Crippen LogP contribution in [0.15, 0.2) is 72.8 Å². The zero-order valence-electron chi connectivity index (χ0n) is 20.6. The molecular weight excluding hydrogens is 474 g/mol. The Hall–Kier alpha value is -3.08. The molecule has 0 saturated carbocycles. The number of anilines is 1. The van der Waals surface area contributed by atoms with Gasteiger partial charge in [0.2, 0.25) is 0 Å². The molecule has 1 aliphatic rings. The summed E-state index contributed by atoms with van der Waals surface area (Å²) < 4.78 is 5.54. The van der Waals surface area contributed by atoms with E-state index >= 15 is 0 Å². The molecule has 188 valence electrons. The molecule has 4 rings (SSSR count). The molecule has 0 spiro atoms. The fraction of sp³-hybridized carbons (Fsp3) is 0.345. The van der Waals surface area contributed by atoms with Crippen molar-refractivity contribution in [1.82, 2.24) is 4.90 Å². The number of nitrogens with zero attached hydrogens (tertiary/aromatic N) is 3. The SMILES string of the molecule is C[C@@H]1CN(C[C@@](C)(O)c2ccc(C#N)cc2)C[C@@H](c2ccc(Cl)cc2)N1c1ccc(OCCO)cc1. The van der Waals surface area contributed by atoms with Gasteiger partial charge in [-0.05, 0) is 73.5 Å². The number of benzene rings is 3. The number of nitriles is 1. The number of hydrogen-bond donors (Lipinski definition) is 2. The number of rotatable bonds is 8. The van der Waals surface area contributed by atoms with Crippen LogP contribution in [0.2, 0.25) is 5.02 Å². The molecule has 0 radical (unpaired) electrons. The summed E-state index contributed by atoms with van der Waals surface area (Å²) in [4.78, 5) is 4.71. The Balaban J connectivity index is 1.59. The third-order valence-electron chi connectivity index (χ3n) is 6.68. The minimum absolute atomic E-state index is 0.0222. The number of halogens is 1. The largest absolute Gasteiger partial charge is 0.491 e. The van der Waals surface area contributed by atoms with E-state index in [1.807, 2.05) is 43.3 Å². The van der Waals surface area contributed by atoms with Crippen LogP contribution in [-0.4, -0.2) is 54.0 Å². The molecular formula is C29H32ClN3O3. The average Bonchev–Trinajstić information content (AvgIpc) is 2.88. The molecule has 2 N–H and O–H groups in total. The van der Waals surface area contributed by atoms with E-state index in [2.05, 4.69) is 47.1 Å². The Morgan fingerprint density at radius 1 is 1.03 bits per heavy atom. The lowest BCUT2D eigenvalue weighted by atomic mass is 9.92. The molecule has 1 heterocycles. The molecule has 7 heteroatoms. The van der Waals surface area contributed by atoms with Gasteiger partial charge in [-0.25, -0.2) is 0 Å². The van der Waals surface area contributed by atoms with Gasteiger partial charge in [0.05, 0.1) is 29.9 Å². The van der Waals surface area contributed by atoms with Crippen LogP contribution in [0.5, 0.6) is 5.75 Å². The third-order valence-corrected chi connectivity index (χ3v) is 6.93. The number of β-amino-alcohol motifs (C(OH)–C–C–N with tert-alkyl or cyclic N) is 1. The zero-order valence-corrected chi connectivity index (χ0v) is 21.4. The fourth-order valence-electron chi connectivity index (χ4n) is 5.00. The highest BCUT2D eigenvalue weighted by atomic mass is 35.5. The van der Waals surface area contributed by atoms with E-state index in [0.29, 0.717) is 17.1 Å². The summed E-state index contributed by atoms with van der Waals surface area (Å²) in [6.07, 6.45) is 0. The molecule has 0 amide bonds. The van der Waals surface area contributed by atoms with Crippen LogP contribution in [0.25, 0.3) is 0 Å². The quantitative estimate of drug-likeness (QED) is 0.460. The van der Waals surface area contributed by atoms with Gasteiger partial charge in [-0.1, -0.05) is 35.9 Å². The first-order chi connectivity index (χ1) is 17.3. The highest BCUT2D eigenvalue weighted by molar-refractivity contribution is 6.30. The normalized spacial score (nSPS) is 19.9. The van der Waals surface area contributed by atoms with Crippen LogP contribution in [-0.2, 0) is 5.60 Å². The summed E-state index contributed by atoms with van der Waals surface area (Å²) in [6, 6.07) is 25.4. The van der Waals surface area contributed by atoms with Crippen LogP contribution < -0.4 is 9.64 Å². The van der Waals surface area contributed by atoms with E-state index in [0.717, 1.165) is 35.7 Å². The maximum absolute atomic E-state index is 11.4. The van der Waals surface area contributed by atoms with Crippen molar-refractivity contribution in [3.63, 3.8) is 0 Å². The summed E-state index contributed by atoms with van der Waals surface area (Å²) in [7, 11) is 0. The average molecular weight is 506 g/mol. The lowest BCUT2D eigenvalue weighted by Crippen LogP contribution is -2.56. The molecule has 0 aromatic heterocycles. The standard InChI is InChI=1S/C29H32ClN3O3/c1-21-18-32(20-29(2,35)24-7-3-22(17-31)4-8-24)19-28(23-5-9-25(30)10-6-23)33(21)26-11-13-27(14-12-26)36-16-15-34/h3-14,21,28,34-35H,15-16,18-20H2,1-2H3/t21-,28+,29-/m1/s1. The van der Waals surface area contributed by atoms with Gasteiger partial charge in [0.1, 0.15) is 12.4 Å². The fourth-order valence-corrected chi connectivity index (χ4v) is 5.12. The van der Waals surface area contributed by atoms with Gasteiger partial charge in [-0.15, -0.1) is 0 Å². The molecule has 1 aliphatic heterocycles. The van der Waals surface area contributed by atoms with Crippen molar-refractivity contribution in [3.8, 4) is 11.8 Å². The van der Waals surface area contributed by atoms with E-state index in [1.54, 1.807) is 12.1 Å². The van der Waals surface area contributed by atoms with Gasteiger partial charge >= 0.3 is 0 Å². The second kappa shape index (κ2) is 11.3. The van der Waals surface area contributed by atoms with Gasteiger partial charge in [0.25, 0.3) is 0 Å². The highest BCUT2D eigenvalue weighted by Gasteiger charge is 2.36. The third kappa shape index (κ3) is 6.00. The van der Waals surface area contributed by atoms with Crippen molar-refractivity contribution in [2.75, 3.05) is 37.7 Å². The van der Waals surface area contributed by atoms with Crippen molar-refractivity contribution in [1.29, 1.82) is 5.26 Å². The van der Waals surface area contributed by atoms with E-state index in [-0.39, 0.29) is 25.3 Å². The number of hydrogen-bond acceptors (Lipinski definition) is 6. The Morgan fingerprint density at radius 3 is 2.31 bits per heavy atom. The molecule has 3 aromatic rings. The first-order valence-electron chi connectivity index (χ1n) is 12.1. The van der Waals surface area contributed by atoms with Crippen molar-refractivity contribution >= 4 is 17.3 Å². The van der Waals surface area contributed by atoms with Crippen LogP contribution in [0.1, 0.15) is 36.6 Å². The number of aliphatic hydroxyl groups excluding tert-OH is 1. The zero-order chi connectivity index (χ0) is 25.7. The first kappa shape index (κ1) is 26.0. The second-order valence-electron chi connectivity index (χ2n) is 9.55. The summed E-state index contributed by atoms with van der Waals surface area (Å²) in [5, 5.41) is 30.2. The summed E-state index contributed by atoms with van der Waals surface area (Å²) in [5.41, 5.74) is 2.53. The predicted octanol–water partition coefficient (Wildman–Crippen LogP) is 4.74. The summed E-state index contributed by atoms with van der Waals surface area (Å²) >= 11 is 6.19. The van der Waals surface area contributed by atoms with Crippen molar-refractivity contribution < 1.29 is 14.9 Å². The smallest absolute Gasteiger partial charge is 0.119 e. The van der Waals surface area contributed by atoms with Crippen LogP contribution >= 0.6 is 11.6 Å². The van der Waals surface area contributed by atoms with E-state index < -0.39 is 5.60 Å². The molecule has 3 atom stereocenters. The Kier molecular flexibility index (Phi) is 8.17. The molecule has 1 fully saturated rings. The van der Waals surface area contributed by atoms with Gasteiger partial charge in [-0.3, -0.25) is 4.90 Å². The maximum Gasteiger partial charge on any atom is 0.119 e. The monoisotopic (exact) mass is 505 g/mol. The molecule has 6 nitrogen and oxygen atoms in total. The number of ether oxygens (including phenoxy) is 1. The van der Waals surface area contributed by atoms with Crippen LogP contribution in [0.3, 0.4) is 0 Å². The van der Waals surface area contributed by atoms with Crippen molar-refractivity contribution in [2.24, 2.45) is 0 Å². The maximum atomic E-state index is 11.4. The minimum Gasteiger partial charge on any atom is -0.491 e. The first-order valence-corrected chi connectivity index (χ1v) is 12.5. The lowest BCUT2D eigenvalue weighted by molar-refractivity contribution is 0.00636. The van der Waals surface area contributed by atoms with Gasteiger partial charge < -0.3 is 19.8 Å². The summed E-state index contributed by atoms with van der Waals surface area (Å²) in [5.74, 6) is 0.723. The van der Waals surface area contributed by atoms with Crippen molar-refractivity contribution in [3.05, 3.63) is 94.5 Å². The molecule has 1 saturated heterocycles. The molecule has 0 aliphatic carbocycles. The Bertz CT molecular complexity index is 1170. The Morgan fingerprint density at radius 2 is 1.69 bits per heavy atom. The topological polar surface area (TPSA) is 80.0 Å². The molecule has 0 bridgehead atoms. The molecule has 3 aromatic carbocycles. The van der Waals surface area contributed by atoms with Crippen molar-refractivity contribution in [2.45, 2.75) is 31.5 Å². The van der Waals surface area contributed by atoms with Gasteiger partial charge in [0, 0.05) is 36.4 Å². The number of piperazine rings is 1. The van der Waals surface area contributed by atoms with Crippen LogP contribution in [0.4, 0.5) is 5.69 Å². The second-order valence-corrected chi connectivity index (χ2v) is 9.98. The minimum atomic E-state index is -1.06. The highest BCUT2D eigenvalue weighted by Crippen LogP contribution is 2.36. The lowest BCUT2D eigenvalue weighted by Gasteiger charge is -2.48. The molecule has 0 unspecified atom stereocenters. The van der Waals surface area contributed by atoms with E-state index in [4.69, 9.17) is 26.7 Å². The predicted molar refractivity (Wildman–Crippen MR) is 142 cm³/mol. The Labute approximate surface area is 217 Å². The van der Waals surface area contributed by atoms with Gasteiger partial charge in [0.15, 0.2) is 0 Å². The van der Waals surface area contributed by atoms with Crippen LogP contribution in [0, 0.1) is 11.3 Å². The van der Waals surface area contributed by atoms with E-state index in [9.17, 15) is 5.11 Å².